The first kappa shape index (κ1) is 20.7. The van der Waals surface area contributed by atoms with E-state index in [2.05, 4.69) is 44.4 Å². The molecule has 3 aliphatic rings. The number of amides is 1. The van der Waals surface area contributed by atoms with Crippen LogP contribution in [0.15, 0.2) is 38.8 Å². The average Bonchev–Trinajstić information content (AvgIpc) is 3.49. The van der Waals surface area contributed by atoms with Gasteiger partial charge in [-0.05, 0) is 18.9 Å². The lowest BCUT2D eigenvalue weighted by atomic mass is 9.99. The minimum Gasteiger partial charge on any atom is -0.373 e. The Morgan fingerprint density at radius 1 is 1.25 bits per heavy atom. The van der Waals surface area contributed by atoms with E-state index in [-0.39, 0.29) is 24.5 Å². The van der Waals surface area contributed by atoms with Crippen molar-refractivity contribution in [3.63, 3.8) is 0 Å². The molecule has 2 aromatic rings. The van der Waals surface area contributed by atoms with Gasteiger partial charge in [0.15, 0.2) is 23.9 Å². The standard InChI is InChI=1S/C21H22F2N6O3/c1-11-3-5-12(6-4-11)14-7-13(9-31-14)18-25-15(32-27-18)8-29-10-24-19-16(21(29)30)28(2)20(26-19)17(22)23/h3-6,10,13-14,16-17,19H,7-9H2,1-2H3/t13-,14+,16?,19?/m0/s1. The molecule has 1 aromatic heterocycles. The smallest absolute Gasteiger partial charge is 0.294 e. The second kappa shape index (κ2) is 8.05. The first-order valence-corrected chi connectivity index (χ1v) is 10.3. The van der Waals surface area contributed by atoms with Crippen molar-refractivity contribution >= 4 is 18.1 Å². The molecule has 1 saturated heterocycles. The number of hydrogen-bond donors (Lipinski definition) is 0. The van der Waals surface area contributed by atoms with Crippen LogP contribution in [0.25, 0.3) is 0 Å². The highest BCUT2D eigenvalue weighted by Crippen LogP contribution is 2.37. The van der Waals surface area contributed by atoms with Crippen molar-refractivity contribution in [2.75, 3.05) is 13.7 Å². The topological polar surface area (TPSA) is 96.4 Å². The number of ether oxygens (including phenoxy) is 1. The molecule has 1 amide bonds. The third-order valence-corrected chi connectivity index (χ3v) is 6.02. The minimum atomic E-state index is -2.77. The van der Waals surface area contributed by atoms with E-state index in [1.165, 1.54) is 28.7 Å². The Labute approximate surface area is 182 Å². The summed E-state index contributed by atoms with van der Waals surface area (Å²) >= 11 is 0. The van der Waals surface area contributed by atoms with Gasteiger partial charge in [-0.3, -0.25) is 9.69 Å². The molecule has 3 aliphatic heterocycles. The van der Waals surface area contributed by atoms with Crippen LogP contribution >= 0.6 is 0 Å². The largest absolute Gasteiger partial charge is 0.373 e. The van der Waals surface area contributed by atoms with Crippen LogP contribution in [0.5, 0.6) is 0 Å². The number of hydrogen-bond acceptors (Lipinski definition) is 8. The van der Waals surface area contributed by atoms with Gasteiger partial charge in [-0.2, -0.15) is 4.98 Å². The summed E-state index contributed by atoms with van der Waals surface area (Å²) in [6.45, 7) is 2.52. The van der Waals surface area contributed by atoms with E-state index in [0.29, 0.717) is 12.4 Å². The molecule has 0 saturated carbocycles. The van der Waals surface area contributed by atoms with Crippen molar-refractivity contribution in [1.82, 2.24) is 19.9 Å². The van der Waals surface area contributed by atoms with Gasteiger partial charge in [0.05, 0.1) is 19.0 Å². The number of alkyl halides is 2. The lowest BCUT2D eigenvalue weighted by Crippen LogP contribution is -2.53. The molecule has 4 atom stereocenters. The van der Waals surface area contributed by atoms with Crippen LogP contribution in [0.1, 0.15) is 41.3 Å². The molecule has 0 radical (unpaired) electrons. The van der Waals surface area contributed by atoms with Gasteiger partial charge in [-0.1, -0.05) is 35.0 Å². The fourth-order valence-corrected chi connectivity index (χ4v) is 4.22. The Bertz CT molecular complexity index is 1070. The quantitative estimate of drug-likeness (QED) is 0.702. The molecule has 32 heavy (non-hydrogen) atoms. The van der Waals surface area contributed by atoms with E-state index < -0.39 is 30.4 Å². The van der Waals surface area contributed by atoms with Gasteiger partial charge >= 0.3 is 0 Å². The predicted molar refractivity (Wildman–Crippen MR) is 109 cm³/mol. The molecule has 11 heteroatoms. The highest BCUT2D eigenvalue weighted by molar-refractivity contribution is 6.00. The molecule has 5 rings (SSSR count). The van der Waals surface area contributed by atoms with E-state index in [1.54, 1.807) is 0 Å². The number of aliphatic imine (C=N–C) groups is 2. The van der Waals surface area contributed by atoms with Gasteiger partial charge in [0, 0.05) is 13.0 Å². The number of halogens is 2. The molecule has 0 bridgehead atoms. The van der Waals surface area contributed by atoms with Crippen LogP contribution in [0.4, 0.5) is 8.78 Å². The summed E-state index contributed by atoms with van der Waals surface area (Å²) in [5, 5.41) is 4.07. The number of aryl methyl sites for hydroxylation is 1. The number of rotatable bonds is 5. The highest BCUT2D eigenvalue weighted by atomic mass is 19.3. The molecule has 168 valence electrons. The maximum atomic E-state index is 13.1. The van der Waals surface area contributed by atoms with E-state index in [0.717, 1.165) is 12.0 Å². The van der Waals surface area contributed by atoms with Crippen LogP contribution in [0, 0.1) is 6.92 Å². The summed E-state index contributed by atoms with van der Waals surface area (Å²) < 4.78 is 37.5. The number of amidine groups is 1. The SMILES string of the molecule is Cc1ccc([C@H]2C[C@H](c3noc(CN4C=NC5N=C(C(F)F)N(C)C5C4=O)n3)CO2)cc1. The van der Waals surface area contributed by atoms with Crippen LogP contribution in [-0.4, -0.2) is 70.3 Å². The Kier molecular flexibility index (Phi) is 5.20. The fraction of sp³-hybridized carbons (Fsp3) is 0.476. The molecule has 1 fully saturated rings. The van der Waals surface area contributed by atoms with Crippen LogP contribution in [-0.2, 0) is 16.1 Å². The van der Waals surface area contributed by atoms with Gasteiger partial charge in [0.1, 0.15) is 6.54 Å². The van der Waals surface area contributed by atoms with E-state index in [1.807, 2.05) is 6.92 Å². The van der Waals surface area contributed by atoms with E-state index in [4.69, 9.17) is 9.26 Å². The Hall–Kier alpha value is -3.21. The fourth-order valence-electron chi connectivity index (χ4n) is 4.22. The number of carbonyl (C=O) groups excluding carboxylic acids is 1. The van der Waals surface area contributed by atoms with Gasteiger partial charge in [-0.15, -0.1) is 0 Å². The van der Waals surface area contributed by atoms with Crippen LogP contribution in [0.3, 0.4) is 0 Å². The third-order valence-electron chi connectivity index (χ3n) is 6.02. The summed E-state index contributed by atoms with van der Waals surface area (Å²) in [6, 6.07) is 7.32. The maximum absolute atomic E-state index is 13.1. The normalized spacial score (nSPS) is 27.4. The maximum Gasteiger partial charge on any atom is 0.294 e. The number of benzene rings is 1. The summed E-state index contributed by atoms with van der Waals surface area (Å²) in [7, 11) is 1.42. The number of aromatic nitrogens is 2. The Balaban J connectivity index is 1.23. The minimum absolute atomic E-state index is 0.00533. The zero-order valence-electron chi connectivity index (χ0n) is 17.6. The van der Waals surface area contributed by atoms with Gasteiger partial charge in [-0.25, -0.2) is 18.8 Å². The Morgan fingerprint density at radius 3 is 2.78 bits per heavy atom. The van der Waals surface area contributed by atoms with Gasteiger partial charge < -0.3 is 14.2 Å². The molecule has 0 spiro atoms. The summed E-state index contributed by atoms with van der Waals surface area (Å²) in [4.78, 5) is 27.8. The molecule has 9 nitrogen and oxygen atoms in total. The molecule has 0 N–H and O–H groups in total. The van der Waals surface area contributed by atoms with Crippen molar-refractivity contribution in [2.24, 2.45) is 9.98 Å². The number of carbonyl (C=O) groups is 1. The highest BCUT2D eigenvalue weighted by Gasteiger charge is 2.45. The summed E-state index contributed by atoms with van der Waals surface area (Å²) in [6.07, 6.45) is -1.63. The van der Waals surface area contributed by atoms with E-state index in [9.17, 15) is 13.6 Å². The van der Waals surface area contributed by atoms with Gasteiger partial charge in [0.2, 0.25) is 5.89 Å². The van der Waals surface area contributed by atoms with Crippen molar-refractivity contribution in [2.45, 2.75) is 50.5 Å². The number of nitrogens with zero attached hydrogens (tertiary/aromatic N) is 6. The summed E-state index contributed by atoms with van der Waals surface area (Å²) in [5.41, 5.74) is 2.30. The molecular weight excluding hydrogens is 422 g/mol. The van der Waals surface area contributed by atoms with Crippen molar-refractivity contribution in [3.05, 3.63) is 47.1 Å². The summed E-state index contributed by atoms with van der Waals surface area (Å²) in [5.74, 6) is -0.0770. The lowest BCUT2D eigenvalue weighted by molar-refractivity contribution is -0.132. The third kappa shape index (κ3) is 3.66. The number of fused-ring (bicyclic) bond motifs is 1. The second-order valence-corrected chi connectivity index (χ2v) is 8.20. The molecule has 4 heterocycles. The zero-order chi connectivity index (χ0) is 22.4. The lowest BCUT2D eigenvalue weighted by Gasteiger charge is -2.30. The molecule has 2 unspecified atom stereocenters. The predicted octanol–water partition coefficient (Wildman–Crippen LogP) is 2.30. The average molecular weight is 444 g/mol. The molecule has 0 aliphatic carbocycles. The second-order valence-electron chi connectivity index (χ2n) is 8.20. The first-order valence-electron chi connectivity index (χ1n) is 10.3. The van der Waals surface area contributed by atoms with Crippen molar-refractivity contribution in [3.8, 4) is 0 Å². The molecular formula is C21H22F2N6O3. The van der Waals surface area contributed by atoms with E-state index >= 15 is 0 Å². The monoisotopic (exact) mass is 444 g/mol. The zero-order valence-corrected chi connectivity index (χ0v) is 17.6. The van der Waals surface area contributed by atoms with Crippen molar-refractivity contribution < 1.29 is 22.8 Å². The van der Waals surface area contributed by atoms with Crippen LogP contribution in [0.2, 0.25) is 0 Å². The number of likely N-dealkylation sites (N-methyl/N-ethyl adjacent to an activating group) is 1. The Morgan fingerprint density at radius 2 is 2.03 bits per heavy atom. The van der Waals surface area contributed by atoms with Crippen LogP contribution < -0.4 is 0 Å². The first-order chi connectivity index (χ1) is 15.4. The van der Waals surface area contributed by atoms with Gasteiger partial charge in [0.25, 0.3) is 12.3 Å². The molecule has 1 aromatic carbocycles. The van der Waals surface area contributed by atoms with Crippen molar-refractivity contribution in [1.29, 1.82) is 0 Å².